The Morgan fingerprint density at radius 1 is 1.08 bits per heavy atom. The molecule has 0 bridgehead atoms. The molecule has 0 radical (unpaired) electrons. The highest BCUT2D eigenvalue weighted by atomic mass is 16.5. The normalized spacial score (nSPS) is 11.4. The minimum Gasteiger partial charge on any atom is -0.480 e. The molecule has 190 valence electrons. The van der Waals surface area contributed by atoms with Gasteiger partial charge in [-0.2, -0.15) is 4.98 Å². The van der Waals surface area contributed by atoms with E-state index in [-0.39, 0.29) is 19.6 Å². The van der Waals surface area contributed by atoms with Crippen molar-refractivity contribution in [2.75, 3.05) is 23.7 Å². The molecule has 36 heavy (non-hydrogen) atoms. The van der Waals surface area contributed by atoms with E-state index in [0.29, 0.717) is 25.3 Å². The van der Waals surface area contributed by atoms with Crippen molar-refractivity contribution in [1.29, 1.82) is 0 Å². The van der Waals surface area contributed by atoms with Crippen molar-refractivity contribution in [3.8, 4) is 0 Å². The summed E-state index contributed by atoms with van der Waals surface area (Å²) in [5.74, 6) is 0.0792. The van der Waals surface area contributed by atoms with E-state index in [1.807, 2.05) is 43.3 Å². The predicted octanol–water partition coefficient (Wildman–Crippen LogP) is 2.63. The van der Waals surface area contributed by atoms with Gasteiger partial charge in [0.05, 0.1) is 0 Å². The van der Waals surface area contributed by atoms with Gasteiger partial charge in [0.15, 0.2) is 0 Å². The number of nitrogens with one attached hydrogen (secondary N) is 3. The molecule has 0 aliphatic carbocycles. The smallest absolute Gasteiger partial charge is 0.408 e. The number of anilines is 2. The van der Waals surface area contributed by atoms with Crippen LogP contribution in [0.25, 0.3) is 0 Å². The number of carbonyl (C=O) groups is 2. The number of ether oxygens (including phenoxy) is 1. The van der Waals surface area contributed by atoms with Crippen molar-refractivity contribution in [3.63, 3.8) is 0 Å². The number of carboxylic acid groups (broad SMARTS) is 1. The molecule has 3 aromatic rings. The summed E-state index contributed by atoms with van der Waals surface area (Å²) in [4.78, 5) is 44.3. The Morgan fingerprint density at radius 3 is 2.56 bits per heavy atom. The van der Waals surface area contributed by atoms with E-state index in [2.05, 4.69) is 25.9 Å². The van der Waals surface area contributed by atoms with E-state index in [9.17, 15) is 19.5 Å². The Balaban J connectivity index is 1.44. The monoisotopic (exact) mass is 494 g/mol. The maximum atomic E-state index is 12.4. The molecule has 2 aromatic heterocycles. The summed E-state index contributed by atoms with van der Waals surface area (Å²) >= 11 is 0. The minimum atomic E-state index is -1.17. The first kappa shape index (κ1) is 26.2. The molecule has 0 aliphatic heterocycles. The summed E-state index contributed by atoms with van der Waals surface area (Å²) < 4.78 is 6.52. The van der Waals surface area contributed by atoms with Crippen LogP contribution < -0.4 is 21.6 Å². The van der Waals surface area contributed by atoms with Crippen LogP contribution in [0, 0.1) is 6.92 Å². The Morgan fingerprint density at radius 2 is 1.83 bits per heavy atom. The van der Waals surface area contributed by atoms with Crippen LogP contribution in [0.5, 0.6) is 0 Å². The van der Waals surface area contributed by atoms with Gasteiger partial charge in [0.1, 0.15) is 24.3 Å². The SMILES string of the molecule is Cc1cn(CCCC(NC(=O)OCc2ccccc2)C(=O)O)c(=O)nc1NCCNc1ccccn1. The Labute approximate surface area is 208 Å². The molecular formula is C25H30N6O5. The number of rotatable bonds is 13. The van der Waals surface area contributed by atoms with Crippen LogP contribution in [0.2, 0.25) is 0 Å². The van der Waals surface area contributed by atoms with Gasteiger partial charge < -0.3 is 25.8 Å². The number of hydrogen-bond donors (Lipinski definition) is 4. The summed E-state index contributed by atoms with van der Waals surface area (Å²) in [6.07, 6.45) is 3.04. The van der Waals surface area contributed by atoms with Gasteiger partial charge >= 0.3 is 17.8 Å². The number of aromatic nitrogens is 3. The average Bonchev–Trinajstić information content (AvgIpc) is 2.88. The zero-order valence-electron chi connectivity index (χ0n) is 20.0. The number of aliphatic carboxylic acids is 1. The molecular weight excluding hydrogens is 464 g/mol. The van der Waals surface area contributed by atoms with Gasteiger partial charge in [-0.15, -0.1) is 0 Å². The first-order valence-corrected chi connectivity index (χ1v) is 11.6. The molecule has 1 amide bonds. The van der Waals surface area contributed by atoms with Gasteiger partial charge in [0.25, 0.3) is 0 Å². The van der Waals surface area contributed by atoms with Crippen molar-refractivity contribution in [2.24, 2.45) is 0 Å². The maximum Gasteiger partial charge on any atom is 0.408 e. The lowest BCUT2D eigenvalue weighted by atomic mass is 10.1. The first-order chi connectivity index (χ1) is 17.4. The fourth-order valence-corrected chi connectivity index (χ4v) is 3.41. The number of benzene rings is 1. The number of alkyl carbamates (subject to hydrolysis) is 1. The molecule has 1 atom stereocenters. The highest BCUT2D eigenvalue weighted by molar-refractivity contribution is 5.79. The summed E-state index contributed by atoms with van der Waals surface area (Å²) in [5, 5.41) is 18.1. The van der Waals surface area contributed by atoms with E-state index in [1.165, 1.54) is 4.57 Å². The highest BCUT2D eigenvalue weighted by Gasteiger charge is 2.20. The lowest BCUT2D eigenvalue weighted by Crippen LogP contribution is -2.41. The first-order valence-electron chi connectivity index (χ1n) is 11.6. The van der Waals surface area contributed by atoms with Crippen LogP contribution >= 0.6 is 0 Å². The zero-order valence-corrected chi connectivity index (χ0v) is 20.0. The maximum absolute atomic E-state index is 12.4. The largest absolute Gasteiger partial charge is 0.480 e. The number of hydrogen-bond acceptors (Lipinski definition) is 8. The lowest BCUT2D eigenvalue weighted by molar-refractivity contribution is -0.139. The quantitative estimate of drug-likeness (QED) is 0.263. The lowest BCUT2D eigenvalue weighted by Gasteiger charge is -2.15. The Kier molecular flexibility index (Phi) is 9.80. The van der Waals surface area contributed by atoms with Crippen LogP contribution in [-0.2, 0) is 22.7 Å². The van der Waals surface area contributed by atoms with E-state index >= 15 is 0 Å². The molecule has 11 heteroatoms. The molecule has 11 nitrogen and oxygen atoms in total. The number of carbonyl (C=O) groups excluding carboxylic acids is 1. The topological polar surface area (TPSA) is 147 Å². The van der Waals surface area contributed by atoms with Crippen LogP contribution in [0.1, 0.15) is 24.0 Å². The van der Waals surface area contributed by atoms with Crippen LogP contribution in [0.3, 0.4) is 0 Å². The zero-order chi connectivity index (χ0) is 25.8. The molecule has 2 heterocycles. The van der Waals surface area contributed by atoms with Gasteiger partial charge in [0.2, 0.25) is 0 Å². The number of amides is 1. The van der Waals surface area contributed by atoms with Gasteiger partial charge in [-0.1, -0.05) is 36.4 Å². The van der Waals surface area contributed by atoms with Crippen molar-refractivity contribution < 1.29 is 19.4 Å². The van der Waals surface area contributed by atoms with E-state index < -0.39 is 23.8 Å². The third-order valence-corrected chi connectivity index (χ3v) is 5.26. The Hall–Kier alpha value is -4.41. The molecule has 0 saturated carbocycles. The van der Waals surface area contributed by atoms with Crippen LogP contribution in [0.15, 0.2) is 65.7 Å². The van der Waals surface area contributed by atoms with Gasteiger partial charge in [-0.3, -0.25) is 4.57 Å². The van der Waals surface area contributed by atoms with Gasteiger partial charge in [-0.05, 0) is 37.5 Å². The minimum absolute atomic E-state index is 0.0406. The molecule has 3 rings (SSSR count). The molecule has 1 aromatic carbocycles. The van der Waals surface area contributed by atoms with E-state index in [4.69, 9.17) is 4.74 Å². The second-order valence-corrected chi connectivity index (χ2v) is 8.06. The summed E-state index contributed by atoms with van der Waals surface area (Å²) in [5.41, 5.74) is 1.14. The molecule has 0 fully saturated rings. The van der Waals surface area contributed by atoms with Crippen molar-refractivity contribution in [2.45, 2.75) is 39.0 Å². The van der Waals surface area contributed by atoms with Crippen LogP contribution in [-0.4, -0.2) is 50.8 Å². The molecule has 0 spiro atoms. The number of carboxylic acids is 1. The number of aryl methyl sites for hydroxylation is 2. The average molecular weight is 495 g/mol. The molecule has 4 N–H and O–H groups in total. The van der Waals surface area contributed by atoms with Crippen molar-refractivity contribution in [1.82, 2.24) is 19.9 Å². The second kappa shape index (κ2) is 13.5. The van der Waals surface area contributed by atoms with Gasteiger partial charge in [-0.25, -0.2) is 19.4 Å². The van der Waals surface area contributed by atoms with Crippen molar-refractivity contribution >= 4 is 23.7 Å². The summed E-state index contributed by atoms with van der Waals surface area (Å²) in [7, 11) is 0. The fourth-order valence-electron chi connectivity index (χ4n) is 3.41. The second-order valence-electron chi connectivity index (χ2n) is 8.06. The van der Waals surface area contributed by atoms with Crippen LogP contribution in [0.4, 0.5) is 16.4 Å². The van der Waals surface area contributed by atoms with Gasteiger partial charge in [0, 0.05) is 37.6 Å². The number of pyridine rings is 1. The third-order valence-electron chi connectivity index (χ3n) is 5.26. The Bertz CT molecular complexity index is 1190. The summed E-state index contributed by atoms with van der Waals surface area (Å²) in [6.45, 7) is 3.28. The molecule has 1 unspecified atom stereocenters. The van der Waals surface area contributed by atoms with E-state index in [0.717, 1.165) is 16.9 Å². The molecule has 0 saturated heterocycles. The van der Waals surface area contributed by atoms with Crippen molar-refractivity contribution in [3.05, 3.63) is 82.5 Å². The summed E-state index contributed by atoms with van der Waals surface area (Å²) in [6, 6.07) is 13.5. The fraction of sp³-hybridized carbons (Fsp3) is 0.320. The highest BCUT2D eigenvalue weighted by Crippen LogP contribution is 2.09. The number of nitrogens with zero attached hydrogens (tertiary/aromatic N) is 3. The standard InChI is InChI=1S/C25H30N6O5/c1-18-16-31(24(34)30-22(18)28-14-13-27-21-11-5-6-12-26-21)15-7-10-20(23(32)33)29-25(35)36-17-19-8-3-2-4-9-19/h2-6,8-9,11-12,16,20H,7,10,13-15,17H2,1H3,(H,26,27)(H,29,35)(H,32,33)(H,28,30,34). The van der Waals surface area contributed by atoms with E-state index in [1.54, 1.807) is 24.5 Å². The molecule has 0 aliphatic rings. The third kappa shape index (κ3) is 8.42. The predicted molar refractivity (Wildman–Crippen MR) is 135 cm³/mol.